The van der Waals surface area contributed by atoms with Crippen molar-refractivity contribution in [2.75, 3.05) is 0 Å². The predicted octanol–water partition coefficient (Wildman–Crippen LogP) is 5.44. The second kappa shape index (κ2) is 6.42. The molecule has 2 aliphatic carbocycles. The van der Waals surface area contributed by atoms with Gasteiger partial charge in [0.1, 0.15) is 0 Å². The van der Waals surface area contributed by atoms with Gasteiger partial charge in [0, 0.05) is 12.3 Å². The van der Waals surface area contributed by atoms with E-state index in [1.165, 1.54) is 44.1 Å². The maximum absolute atomic E-state index is 12.6. The van der Waals surface area contributed by atoms with E-state index < -0.39 is 8.07 Å². The largest absolute Gasteiger partial charge is 0.295 e. The van der Waals surface area contributed by atoms with Crippen molar-refractivity contribution in [2.24, 2.45) is 5.92 Å². The molecule has 0 spiro atoms. The molecule has 0 unspecified atom stereocenters. The lowest BCUT2D eigenvalue weighted by atomic mass is 9.76. The minimum Gasteiger partial charge on any atom is -0.295 e. The molecule has 0 saturated heterocycles. The van der Waals surface area contributed by atoms with Gasteiger partial charge in [-0.3, -0.25) is 4.79 Å². The molecule has 2 heteroatoms. The van der Waals surface area contributed by atoms with Gasteiger partial charge in [-0.1, -0.05) is 62.7 Å². The third kappa shape index (κ3) is 3.33. The van der Waals surface area contributed by atoms with E-state index in [1.54, 1.807) is 10.8 Å². The van der Waals surface area contributed by atoms with Gasteiger partial charge in [0.2, 0.25) is 0 Å². The van der Waals surface area contributed by atoms with Gasteiger partial charge in [-0.25, -0.2) is 0 Å². The zero-order chi connectivity index (χ0) is 14.8. The van der Waals surface area contributed by atoms with Crippen LogP contribution in [0.4, 0.5) is 0 Å². The molecule has 0 aromatic carbocycles. The van der Waals surface area contributed by atoms with Gasteiger partial charge in [0.05, 0.1) is 8.07 Å². The molecule has 0 aliphatic heterocycles. The number of Topliss-reactive ketones (excluding diaryl/α,β-unsaturated/α-hetero) is 1. The number of hydrogen-bond donors (Lipinski definition) is 0. The number of carbonyl (C=O) groups is 1. The van der Waals surface area contributed by atoms with Crippen molar-refractivity contribution in [2.45, 2.75) is 77.9 Å². The van der Waals surface area contributed by atoms with Gasteiger partial charge in [0.15, 0.2) is 5.78 Å². The lowest BCUT2D eigenvalue weighted by Crippen LogP contribution is -2.32. The zero-order valence-corrected chi connectivity index (χ0v) is 14.7. The fourth-order valence-electron chi connectivity index (χ4n) is 3.78. The van der Waals surface area contributed by atoms with Crippen LogP contribution in [0.2, 0.25) is 19.6 Å². The van der Waals surface area contributed by atoms with Crippen LogP contribution in [0.25, 0.3) is 0 Å². The van der Waals surface area contributed by atoms with E-state index in [1.807, 2.05) is 6.92 Å². The van der Waals surface area contributed by atoms with E-state index in [4.69, 9.17) is 0 Å². The molecule has 2 aliphatic rings. The molecule has 0 heterocycles. The van der Waals surface area contributed by atoms with Gasteiger partial charge in [-0.15, -0.1) is 0 Å². The first-order valence-corrected chi connectivity index (χ1v) is 11.9. The van der Waals surface area contributed by atoms with Crippen LogP contribution in [0.1, 0.15) is 58.3 Å². The standard InChI is InChI=1S/C18H30OSi/c1-5-16(19)18-15-11-9-7-6-8-10-14(15)12-13-17(18)20(2,3)4/h12,15H,5-11,13H2,1-4H3/t15-/m0/s1. The van der Waals surface area contributed by atoms with Crippen molar-refractivity contribution >= 4 is 13.9 Å². The molecule has 1 nitrogen and oxygen atoms in total. The number of fused-ring (bicyclic) bond motifs is 1. The molecule has 0 radical (unpaired) electrons. The third-order valence-electron chi connectivity index (χ3n) is 4.92. The van der Waals surface area contributed by atoms with Crippen LogP contribution in [-0.4, -0.2) is 13.9 Å². The second-order valence-electron chi connectivity index (χ2n) is 7.41. The van der Waals surface area contributed by atoms with Crippen molar-refractivity contribution in [3.63, 3.8) is 0 Å². The number of carbonyl (C=O) groups excluding carboxylic acids is 1. The average molecular weight is 291 g/mol. The lowest BCUT2D eigenvalue weighted by molar-refractivity contribution is -0.115. The van der Waals surface area contributed by atoms with Crippen molar-refractivity contribution in [1.82, 2.24) is 0 Å². The van der Waals surface area contributed by atoms with Gasteiger partial charge in [-0.2, -0.15) is 0 Å². The Morgan fingerprint density at radius 1 is 1.20 bits per heavy atom. The topological polar surface area (TPSA) is 17.1 Å². The van der Waals surface area contributed by atoms with Crippen molar-refractivity contribution in [3.05, 3.63) is 22.4 Å². The summed E-state index contributed by atoms with van der Waals surface area (Å²) in [6, 6.07) is 0. The summed E-state index contributed by atoms with van der Waals surface area (Å²) in [6.07, 6.45) is 12.0. The maximum atomic E-state index is 12.6. The Labute approximate surface area is 125 Å². The van der Waals surface area contributed by atoms with Crippen LogP contribution in [0.3, 0.4) is 0 Å². The summed E-state index contributed by atoms with van der Waals surface area (Å²) in [6.45, 7) is 9.21. The van der Waals surface area contributed by atoms with Crippen LogP contribution in [0, 0.1) is 5.92 Å². The fourth-order valence-corrected chi connectivity index (χ4v) is 5.62. The molecule has 2 rings (SSSR count). The monoisotopic (exact) mass is 290 g/mol. The SMILES string of the molecule is CCC(=O)C1=C([Si](C)(C)C)CC=C2CCCCCC[C@@H]21. The molecule has 1 atom stereocenters. The molecule has 1 fully saturated rings. The summed E-state index contributed by atoms with van der Waals surface area (Å²) in [4.78, 5) is 12.6. The highest BCUT2D eigenvalue weighted by Crippen LogP contribution is 2.41. The summed E-state index contributed by atoms with van der Waals surface area (Å²) in [5, 5.41) is 1.54. The van der Waals surface area contributed by atoms with Crippen LogP contribution in [-0.2, 0) is 4.79 Å². The lowest BCUT2D eigenvalue weighted by Gasteiger charge is -2.35. The molecular formula is C18H30OSi. The first-order valence-electron chi connectivity index (χ1n) is 8.40. The molecule has 0 amide bonds. The summed E-state index contributed by atoms with van der Waals surface area (Å²) in [7, 11) is -1.39. The minimum absolute atomic E-state index is 0.429. The van der Waals surface area contributed by atoms with Crippen molar-refractivity contribution < 1.29 is 4.79 Å². The fraction of sp³-hybridized carbons (Fsp3) is 0.722. The zero-order valence-electron chi connectivity index (χ0n) is 13.7. The third-order valence-corrected chi connectivity index (χ3v) is 7.21. The van der Waals surface area contributed by atoms with Gasteiger partial charge in [0.25, 0.3) is 0 Å². The van der Waals surface area contributed by atoms with Crippen LogP contribution in [0.15, 0.2) is 22.4 Å². The highest BCUT2D eigenvalue weighted by atomic mass is 28.3. The molecule has 0 bridgehead atoms. The Morgan fingerprint density at radius 3 is 2.55 bits per heavy atom. The molecule has 1 saturated carbocycles. The van der Waals surface area contributed by atoms with E-state index in [2.05, 4.69) is 25.7 Å². The summed E-state index contributed by atoms with van der Waals surface area (Å²) < 4.78 is 0. The number of hydrogen-bond acceptors (Lipinski definition) is 1. The van der Waals surface area contributed by atoms with Crippen molar-refractivity contribution in [3.8, 4) is 0 Å². The number of rotatable bonds is 3. The Hall–Kier alpha value is -0.633. The van der Waals surface area contributed by atoms with E-state index >= 15 is 0 Å². The normalized spacial score (nSPS) is 24.6. The Kier molecular flexibility index (Phi) is 5.06. The molecular weight excluding hydrogens is 260 g/mol. The minimum atomic E-state index is -1.39. The average Bonchev–Trinajstić information content (AvgIpc) is 2.36. The first-order chi connectivity index (χ1) is 9.45. The number of allylic oxidation sites excluding steroid dienone is 4. The van der Waals surface area contributed by atoms with Gasteiger partial charge < -0.3 is 0 Å². The highest BCUT2D eigenvalue weighted by Gasteiger charge is 2.34. The number of ketones is 1. The van der Waals surface area contributed by atoms with E-state index in [9.17, 15) is 4.79 Å². The molecule has 112 valence electrons. The Bertz CT molecular complexity index is 437. The van der Waals surface area contributed by atoms with Gasteiger partial charge >= 0.3 is 0 Å². The van der Waals surface area contributed by atoms with Gasteiger partial charge in [-0.05, 0) is 31.3 Å². The molecule has 20 heavy (non-hydrogen) atoms. The Balaban J connectivity index is 2.41. The summed E-state index contributed by atoms with van der Waals surface area (Å²) >= 11 is 0. The summed E-state index contributed by atoms with van der Waals surface area (Å²) in [5.74, 6) is 0.900. The summed E-state index contributed by atoms with van der Waals surface area (Å²) in [5.41, 5.74) is 2.84. The van der Waals surface area contributed by atoms with Crippen LogP contribution in [0.5, 0.6) is 0 Å². The molecule has 0 aromatic rings. The first kappa shape index (κ1) is 15.8. The highest BCUT2D eigenvalue weighted by molar-refractivity contribution is 6.83. The van der Waals surface area contributed by atoms with Crippen molar-refractivity contribution in [1.29, 1.82) is 0 Å². The van der Waals surface area contributed by atoms with E-state index in [0.29, 0.717) is 18.1 Å². The van der Waals surface area contributed by atoms with E-state index in [-0.39, 0.29) is 0 Å². The molecule has 0 aromatic heterocycles. The van der Waals surface area contributed by atoms with Crippen LogP contribution < -0.4 is 0 Å². The maximum Gasteiger partial charge on any atom is 0.158 e. The molecule has 0 N–H and O–H groups in total. The Morgan fingerprint density at radius 2 is 1.90 bits per heavy atom. The second-order valence-corrected chi connectivity index (χ2v) is 12.5. The predicted molar refractivity (Wildman–Crippen MR) is 89.6 cm³/mol. The van der Waals surface area contributed by atoms with Crippen LogP contribution >= 0.6 is 0 Å². The van der Waals surface area contributed by atoms with E-state index in [0.717, 1.165) is 6.42 Å². The quantitative estimate of drug-likeness (QED) is 0.499. The smallest absolute Gasteiger partial charge is 0.158 e.